The van der Waals surface area contributed by atoms with Crippen LogP contribution in [0.5, 0.6) is 0 Å². The van der Waals surface area contributed by atoms with Gasteiger partial charge in [0.1, 0.15) is 23.1 Å². The zero-order chi connectivity index (χ0) is 25.0. The predicted molar refractivity (Wildman–Crippen MR) is 114 cm³/mol. The van der Waals surface area contributed by atoms with Crippen LogP contribution in [0.1, 0.15) is 45.5 Å². The van der Waals surface area contributed by atoms with E-state index in [9.17, 15) is 28.2 Å². The average molecular weight is 467 g/mol. The standard InChI is InChI=1S/C23H26F3N3O4/c24-18-11-19(25)23(28-29-27)22(26)17(18)10-14(30)5-6-15-16-8-12(3-1-2-4-21(32)33)7-13(16)9-20(15)31/h5-7,11,13-16,20,30-31H,1-4,8-10H2,(H,32,33)/t13-,14-,15+,16-,20+/m0/s1/i14T. The van der Waals surface area contributed by atoms with E-state index in [0.29, 0.717) is 25.3 Å². The Morgan fingerprint density at radius 2 is 2.12 bits per heavy atom. The zero-order valence-corrected chi connectivity index (χ0v) is 17.8. The molecule has 0 heterocycles. The van der Waals surface area contributed by atoms with Crippen molar-refractivity contribution in [2.75, 3.05) is 0 Å². The van der Waals surface area contributed by atoms with Crippen molar-refractivity contribution in [3.63, 3.8) is 0 Å². The second-order valence-corrected chi connectivity index (χ2v) is 8.54. The van der Waals surface area contributed by atoms with E-state index >= 15 is 0 Å². The molecule has 2 aliphatic carbocycles. The van der Waals surface area contributed by atoms with Crippen LogP contribution in [0.25, 0.3) is 10.4 Å². The Bertz CT molecular complexity index is 1060. The van der Waals surface area contributed by atoms with Crippen LogP contribution in [0.3, 0.4) is 0 Å². The summed E-state index contributed by atoms with van der Waals surface area (Å²) < 4.78 is 50.4. The molecule has 1 fully saturated rings. The van der Waals surface area contributed by atoms with E-state index in [4.69, 9.17) is 12.0 Å². The first-order valence-corrected chi connectivity index (χ1v) is 10.7. The Balaban J connectivity index is 1.68. The SMILES string of the molecule is [3H][C@](O)(C=C[C@@H]1[C@H]2CC(CCCCC(=O)O)=C[C@H]2C[C@H]1O)Cc1c(F)cc(F)c(N=[N+]=[N-])c1F. The van der Waals surface area contributed by atoms with Gasteiger partial charge >= 0.3 is 5.97 Å². The molecule has 0 unspecified atom stereocenters. The van der Waals surface area contributed by atoms with Crippen molar-refractivity contribution in [3.05, 3.63) is 63.3 Å². The number of unbranched alkanes of at least 4 members (excludes halogenated alkanes) is 1. The fourth-order valence-electron chi connectivity index (χ4n) is 4.80. The highest BCUT2D eigenvalue weighted by molar-refractivity contribution is 5.66. The van der Waals surface area contributed by atoms with Crippen molar-refractivity contribution >= 4 is 11.7 Å². The number of benzene rings is 1. The molecule has 0 spiro atoms. The molecule has 3 rings (SSSR count). The van der Waals surface area contributed by atoms with E-state index in [1.54, 1.807) is 0 Å². The van der Waals surface area contributed by atoms with Gasteiger partial charge in [-0.15, -0.1) is 0 Å². The average Bonchev–Trinajstić information content (AvgIpc) is 3.26. The minimum Gasteiger partial charge on any atom is -0.481 e. The van der Waals surface area contributed by atoms with Gasteiger partial charge in [-0.2, -0.15) is 0 Å². The zero-order valence-electron chi connectivity index (χ0n) is 18.8. The molecule has 1 aromatic carbocycles. The summed E-state index contributed by atoms with van der Waals surface area (Å²) in [5, 5.41) is 32.5. The Morgan fingerprint density at radius 1 is 1.36 bits per heavy atom. The van der Waals surface area contributed by atoms with Gasteiger partial charge in [0.25, 0.3) is 0 Å². The summed E-state index contributed by atoms with van der Waals surface area (Å²) in [4.78, 5) is 12.9. The van der Waals surface area contributed by atoms with E-state index in [1.165, 1.54) is 11.6 Å². The predicted octanol–water partition coefficient (Wildman–Crippen LogP) is 5.09. The number of halogens is 3. The first-order chi connectivity index (χ1) is 16.0. The molecule has 1 saturated carbocycles. The first-order valence-electron chi connectivity index (χ1n) is 11.2. The number of carboxylic acids is 1. The largest absolute Gasteiger partial charge is 0.481 e. The molecule has 3 N–H and O–H groups in total. The molecule has 0 aliphatic heterocycles. The number of hydrogen-bond donors (Lipinski definition) is 3. The highest BCUT2D eigenvalue weighted by Crippen LogP contribution is 2.48. The van der Waals surface area contributed by atoms with Gasteiger partial charge in [0.05, 0.1) is 13.6 Å². The molecule has 0 saturated heterocycles. The number of allylic oxidation sites excluding steroid dienone is 2. The number of hydrogen-bond acceptors (Lipinski definition) is 4. The number of aliphatic hydroxyl groups excluding tert-OH is 1. The molecule has 0 radical (unpaired) electrons. The van der Waals surface area contributed by atoms with Crippen molar-refractivity contribution in [1.82, 2.24) is 0 Å². The lowest BCUT2D eigenvalue weighted by Crippen LogP contribution is -2.18. The quantitative estimate of drug-likeness (QED) is 0.146. The minimum absolute atomic E-state index is 0.0485. The molecule has 10 heteroatoms. The number of carbonyl (C=O) groups is 1. The lowest BCUT2D eigenvalue weighted by Gasteiger charge is -2.19. The van der Waals surface area contributed by atoms with E-state index in [2.05, 4.69) is 16.1 Å². The molecule has 0 bridgehead atoms. The van der Waals surface area contributed by atoms with Gasteiger partial charge in [-0.1, -0.05) is 28.9 Å². The Labute approximate surface area is 190 Å². The molecule has 0 aromatic heterocycles. The van der Waals surface area contributed by atoms with Gasteiger partial charge in [0.15, 0.2) is 0 Å². The number of aliphatic hydroxyl groups is 2. The van der Waals surface area contributed by atoms with E-state index in [0.717, 1.165) is 18.9 Å². The number of fused-ring (bicyclic) bond motifs is 1. The van der Waals surface area contributed by atoms with Gasteiger partial charge in [-0.05, 0) is 49.5 Å². The number of aliphatic carboxylic acids is 1. The Hall–Kier alpha value is -2.81. The van der Waals surface area contributed by atoms with Crippen molar-refractivity contribution < 1.29 is 34.7 Å². The monoisotopic (exact) mass is 467 g/mol. The summed E-state index contributed by atoms with van der Waals surface area (Å²) >= 11 is 0. The number of carboxylic acid groups (broad SMARTS) is 1. The molecule has 178 valence electrons. The molecular weight excluding hydrogens is 439 g/mol. The molecule has 5 atom stereocenters. The van der Waals surface area contributed by atoms with Crippen LogP contribution in [-0.4, -0.2) is 33.5 Å². The van der Waals surface area contributed by atoms with Gasteiger partial charge < -0.3 is 15.3 Å². The topological polar surface area (TPSA) is 127 Å². The summed E-state index contributed by atoms with van der Waals surface area (Å²) in [5.74, 6) is -5.24. The molecular formula is C23H26F3N3O4. The minimum atomic E-state index is -2.46. The summed E-state index contributed by atoms with van der Waals surface area (Å²) in [6.07, 6.45) is 4.05. The molecule has 1 aromatic rings. The van der Waals surface area contributed by atoms with Crippen LogP contribution >= 0.6 is 0 Å². The van der Waals surface area contributed by atoms with Crippen LogP contribution in [0.2, 0.25) is 0 Å². The van der Waals surface area contributed by atoms with Crippen LogP contribution in [-0.2, 0) is 11.2 Å². The van der Waals surface area contributed by atoms with E-state index in [1.807, 2.05) is 0 Å². The van der Waals surface area contributed by atoms with Crippen molar-refractivity contribution in [1.29, 1.82) is 0 Å². The van der Waals surface area contributed by atoms with Gasteiger partial charge in [0, 0.05) is 35.3 Å². The van der Waals surface area contributed by atoms with Crippen LogP contribution in [0.15, 0.2) is 35.0 Å². The third-order valence-electron chi connectivity index (χ3n) is 6.34. The summed E-state index contributed by atoms with van der Waals surface area (Å²) in [5.41, 5.74) is 7.81. The maximum absolute atomic E-state index is 14.5. The highest BCUT2D eigenvalue weighted by Gasteiger charge is 2.43. The van der Waals surface area contributed by atoms with E-state index < -0.39 is 53.3 Å². The van der Waals surface area contributed by atoms with Gasteiger partial charge in [-0.25, -0.2) is 13.2 Å². The number of rotatable bonds is 10. The fraction of sp³-hybridized carbons (Fsp3) is 0.522. The van der Waals surface area contributed by atoms with Crippen molar-refractivity contribution in [2.24, 2.45) is 22.9 Å². The first kappa shape index (κ1) is 23.4. The highest BCUT2D eigenvalue weighted by atomic mass is 19.1. The third-order valence-corrected chi connectivity index (χ3v) is 6.34. The van der Waals surface area contributed by atoms with E-state index in [-0.39, 0.29) is 24.2 Å². The van der Waals surface area contributed by atoms with Crippen LogP contribution < -0.4 is 0 Å². The second kappa shape index (κ2) is 10.9. The number of nitrogens with zero attached hydrogens (tertiary/aromatic N) is 3. The summed E-state index contributed by atoms with van der Waals surface area (Å²) in [6, 6.07) is 0.329. The third kappa shape index (κ3) is 5.96. The van der Waals surface area contributed by atoms with Crippen molar-refractivity contribution in [2.45, 2.75) is 57.1 Å². The summed E-state index contributed by atoms with van der Waals surface area (Å²) in [7, 11) is 0. The summed E-state index contributed by atoms with van der Waals surface area (Å²) in [6.45, 7) is 0. The smallest absolute Gasteiger partial charge is 0.303 e. The maximum atomic E-state index is 14.5. The normalized spacial score (nSPS) is 26.5. The second-order valence-electron chi connectivity index (χ2n) is 8.54. The lowest BCUT2D eigenvalue weighted by molar-refractivity contribution is -0.137. The van der Waals surface area contributed by atoms with Crippen LogP contribution in [0, 0.1) is 35.2 Å². The molecule has 2 aliphatic rings. The van der Waals surface area contributed by atoms with Gasteiger partial charge in [-0.3, -0.25) is 4.79 Å². The van der Waals surface area contributed by atoms with Gasteiger partial charge in [0.2, 0.25) is 0 Å². The molecule has 0 amide bonds. The Morgan fingerprint density at radius 3 is 2.82 bits per heavy atom. The van der Waals surface area contributed by atoms with Crippen LogP contribution in [0.4, 0.5) is 18.9 Å². The Kier molecular flexibility index (Phi) is 7.69. The number of azide groups is 1. The fourth-order valence-corrected chi connectivity index (χ4v) is 4.80. The lowest BCUT2D eigenvalue weighted by atomic mass is 9.88. The van der Waals surface area contributed by atoms with Crippen molar-refractivity contribution in [3.8, 4) is 0 Å². The molecule has 33 heavy (non-hydrogen) atoms. The molecule has 7 nitrogen and oxygen atoms in total. The maximum Gasteiger partial charge on any atom is 0.303 e.